The second-order valence-corrected chi connectivity index (χ2v) is 4.84. The van der Waals surface area contributed by atoms with Gasteiger partial charge in [-0.25, -0.2) is 0 Å². The van der Waals surface area contributed by atoms with Gasteiger partial charge in [-0.15, -0.1) is 0 Å². The van der Waals surface area contributed by atoms with Crippen LogP contribution in [0.25, 0.3) is 0 Å². The van der Waals surface area contributed by atoms with Gasteiger partial charge in [0.15, 0.2) is 0 Å². The molecule has 0 bridgehead atoms. The van der Waals surface area contributed by atoms with Crippen LogP contribution < -0.4 is 0 Å². The van der Waals surface area contributed by atoms with Gasteiger partial charge in [-0.05, 0) is 23.0 Å². The van der Waals surface area contributed by atoms with Gasteiger partial charge >= 0.3 is 0 Å². The van der Waals surface area contributed by atoms with Gasteiger partial charge < -0.3 is 4.74 Å². The number of ether oxygens (including phenoxy) is 1. The summed E-state index contributed by atoms with van der Waals surface area (Å²) in [5.74, 6) is 0. The van der Waals surface area contributed by atoms with E-state index in [4.69, 9.17) is 4.74 Å². The summed E-state index contributed by atoms with van der Waals surface area (Å²) >= 11 is 0. The second kappa shape index (κ2) is 2.16. The van der Waals surface area contributed by atoms with Crippen molar-refractivity contribution in [1.82, 2.24) is 0 Å². The van der Waals surface area contributed by atoms with Crippen molar-refractivity contribution in [2.75, 3.05) is 0 Å². The van der Waals surface area contributed by atoms with Gasteiger partial charge in [0.2, 0.25) is 0 Å². The molecule has 2 atom stereocenters. The molecule has 13 heavy (non-hydrogen) atoms. The normalized spacial score (nSPS) is 33.4. The van der Waals surface area contributed by atoms with Crippen LogP contribution in [0.1, 0.15) is 31.1 Å². The molecule has 1 aliphatic heterocycles. The molecule has 1 aromatic carbocycles. The summed E-state index contributed by atoms with van der Waals surface area (Å²) in [6.45, 7) is 4.60. The molecule has 0 unspecified atom stereocenters. The van der Waals surface area contributed by atoms with Crippen LogP contribution in [-0.2, 0) is 11.2 Å². The molecule has 0 radical (unpaired) electrons. The van der Waals surface area contributed by atoms with Gasteiger partial charge in [0.05, 0.1) is 6.10 Å². The van der Waals surface area contributed by atoms with Crippen molar-refractivity contribution in [3.63, 3.8) is 0 Å². The van der Waals surface area contributed by atoms with E-state index in [0.717, 1.165) is 6.42 Å². The lowest BCUT2D eigenvalue weighted by Crippen LogP contribution is -2.26. The lowest BCUT2D eigenvalue weighted by Gasteiger charge is -2.27. The zero-order valence-corrected chi connectivity index (χ0v) is 8.08. The molecule has 1 heterocycles. The van der Waals surface area contributed by atoms with Gasteiger partial charge in [0.25, 0.3) is 0 Å². The Bertz CT molecular complexity index is 354. The number of hydrogen-bond acceptors (Lipinski definition) is 1. The Kier molecular flexibility index (Phi) is 1.26. The van der Waals surface area contributed by atoms with Crippen LogP contribution in [-0.4, -0.2) is 6.10 Å². The molecule has 0 spiro atoms. The molecule has 68 valence electrons. The summed E-state index contributed by atoms with van der Waals surface area (Å²) in [7, 11) is 0. The van der Waals surface area contributed by atoms with Crippen molar-refractivity contribution in [2.45, 2.75) is 32.5 Å². The zero-order valence-electron chi connectivity index (χ0n) is 8.08. The van der Waals surface area contributed by atoms with E-state index in [9.17, 15) is 0 Å². The molecule has 1 aliphatic carbocycles. The van der Waals surface area contributed by atoms with Crippen LogP contribution in [0.2, 0.25) is 0 Å². The predicted octanol–water partition coefficient (Wildman–Crippen LogP) is 2.71. The number of epoxide rings is 1. The largest absolute Gasteiger partial charge is 0.364 e. The van der Waals surface area contributed by atoms with Crippen LogP contribution in [0.3, 0.4) is 0 Å². The van der Waals surface area contributed by atoms with Gasteiger partial charge in [0, 0.05) is 0 Å². The Balaban J connectivity index is 2.11. The van der Waals surface area contributed by atoms with Crippen LogP contribution in [0, 0.1) is 5.41 Å². The van der Waals surface area contributed by atoms with E-state index in [1.54, 1.807) is 0 Å². The summed E-state index contributed by atoms with van der Waals surface area (Å²) in [6.07, 6.45) is 2.03. The topological polar surface area (TPSA) is 12.5 Å². The molecular weight excluding hydrogens is 160 g/mol. The lowest BCUT2D eigenvalue weighted by molar-refractivity contribution is 0.242. The quantitative estimate of drug-likeness (QED) is 0.551. The smallest absolute Gasteiger partial charge is 0.110 e. The average Bonchev–Trinajstić information content (AvgIpc) is 2.83. The van der Waals surface area contributed by atoms with Crippen LogP contribution in [0.15, 0.2) is 24.3 Å². The maximum atomic E-state index is 5.72. The first-order valence-corrected chi connectivity index (χ1v) is 4.92. The van der Waals surface area contributed by atoms with Crippen LogP contribution in [0.4, 0.5) is 0 Å². The fourth-order valence-corrected chi connectivity index (χ4v) is 2.51. The third kappa shape index (κ3) is 0.969. The summed E-state index contributed by atoms with van der Waals surface area (Å²) in [6, 6.07) is 8.66. The van der Waals surface area contributed by atoms with Crippen molar-refractivity contribution in [2.24, 2.45) is 5.41 Å². The highest BCUT2D eigenvalue weighted by Gasteiger charge is 2.54. The molecule has 3 rings (SSSR count). The summed E-state index contributed by atoms with van der Waals surface area (Å²) < 4.78 is 5.72. The van der Waals surface area contributed by atoms with Crippen molar-refractivity contribution in [3.05, 3.63) is 35.4 Å². The molecule has 0 amide bonds. The third-order valence-electron chi connectivity index (χ3n) is 3.27. The zero-order chi connectivity index (χ0) is 9.05. The number of fused-ring (bicyclic) bond motifs is 3. The SMILES string of the molecule is CC1(C)Cc2ccccc2[C@H]2O[C@H]21. The summed E-state index contributed by atoms with van der Waals surface area (Å²) in [5, 5.41) is 0. The minimum Gasteiger partial charge on any atom is -0.364 e. The van der Waals surface area contributed by atoms with E-state index >= 15 is 0 Å². The molecule has 2 aliphatic rings. The van der Waals surface area contributed by atoms with Crippen molar-refractivity contribution >= 4 is 0 Å². The Morgan fingerprint density at radius 2 is 2.08 bits per heavy atom. The van der Waals surface area contributed by atoms with Crippen molar-refractivity contribution in [1.29, 1.82) is 0 Å². The predicted molar refractivity (Wildman–Crippen MR) is 51.5 cm³/mol. The Morgan fingerprint density at radius 1 is 1.31 bits per heavy atom. The van der Waals surface area contributed by atoms with Crippen LogP contribution >= 0.6 is 0 Å². The van der Waals surface area contributed by atoms with E-state index in [1.165, 1.54) is 11.1 Å². The minimum absolute atomic E-state index is 0.332. The van der Waals surface area contributed by atoms with E-state index in [2.05, 4.69) is 38.1 Å². The highest BCUT2D eigenvalue weighted by atomic mass is 16.6. The molecule has 1 aromatic rings. The van der Waals surface area contributed by atoms with Gasteiger partial charge in [-0.1, -0.05) is 38.1 Å². The van der Waals surface area contributed by atoms with E-state index < -0.39 is 0 Å². The molecule has 0 saturated carbocycles. The molecule has 0 aromatic heterocycles. The molecular formula is C12H14O. The fraction of sp³-hybridized carbons (Fsp3) is 0.500. The van der Waals surface area contributed by atoms with E-state index in [0.29, 0.717) is 17.6 Å². The molecule has 1 heteroatoms. The molecule has 1 fully saturated rings. The molecule has 0 N–H and O–H groups in total. The lowest BCUT2D eigenvalue weighted by atomic mass is 9.74. The average molecular weight is 174 g/mol. The minimum atomic E-state index is 0.332. The van der Waals surface area contributed by atoms with Gasteiger partial charge in [-0.2, -0.15) is 0 Å². The van der Waals surface area contributed by atoms with Crippen molar-refractivity contribution in [3.8, 4) is 0 Å². The van der Waals surface area contributed by atoms with Crippen LogP contribution in [0.5, 0.6) is 0 Å². The Morgan fingerprint density at radius 3 is 2.92 bits per heavy atom. The van der Waals surface area contributed by atoms with E-state index in [1.807, 2.05) is 0 Å². The van der Waals surface area contributed by atoms with E-state index in [-0.39, 0.29) is 0 Å². The molecule has 1 nitrogen and oxygen atoms in total. The second-order valence-electron chi connectivity index (χ2n) is 4.84. The standard InChI is InChI=1S/C12H14O/c1-12(2)7-8-5-3-4-6-9(8)10-11(12)13-10/h3-6,10-11H,7H2,1-2H3/t10-,11-/m1/s1. The number of hydrogen-bond donors (Lipinski definition) is 0. The maximum absolute atomic E-state index is 5.72. The summed E-state index contributed by atoms with van der Waals surface area (Å²) in [4.78, 5) is 0. The Hall–Kier alpha value is -0.820. The van der Waals surface area contributed by atoms with Gasteiger partial charge in [0.1, 0.15) is 6.10 Å². The first kappa shape index (κ1) is 7.57. The number of rotatable bonds is 0. The Labute approximate surface area is 78.7 Å². The first-order valence-electron chi connectivity index (χ1n) is 4.92. The van der Waals surface area contributed by atoms with Gasteiger partial charge in [-0.3, -0.25) is 0 Å². The third-order valence-corrected chi connectivity index (χ3v) is 3.27. The fourth-order valence-electron chi connectivity index (χ4n) is 2.51. The first-order chi connectivity index (χ1) is 6.18. The van der Waals surface area contributed by atoms with Crippen molar-refractivity contribution < 1.29 is 4.74 Å². The highest BCUT2D eigenvalue weighted by Crippen LogP contribution is 2.55. The monoisotopic (exact) mass is 174 g/mol. The highest BCUT2D eigenvalue weighted by molar-refractivity contribution is 5.37. The number of benzene rings is 1. The molecule has 1 saturated heterocycles. The maximum Gasteiger partial charge on any atom is 0.110 e. The summed E-state index contributed by atoms with van der Waals surface area (Å²) in [5.41, 5.74) is 3.23.